The Kier molecular flexibility index (Phi) is 3.76. The average Bonchev–Trinajstić information content (AvgIpc) is 2.42. The highest BCUT2D eigenvalue weighted by atomic mass is 15.3. The molecule has 2 heteroatoms. The van der Waals surface area contributed by atoms with Gasteiger partial charge < -0.3 is 0 Å². The normalized spacial score (nSPS) is 29.1. The predicted octanol–water partition coefficient (Wildman–Crippen LogP) is 2.98. The summed E-state index contributed by atoms with van der Waals surface area (Å²) < 4.78 is 0. The largest absolute Gasteiger partial charge is 0.297 e. The van der Waals surface area contributed by atoms with Gasteiger partial charge in [0.2, 0.25) is 0 Å². The second-order valence-electron chi connectivity index (χ2n) is 7.24. The third-order valence-electron chi connectivity index (χ3n) is 4.13. The van der Waals surface area contributed by atoms with E-state index in [-0.39, 0.29) is 5.54 Å². The first-order valence-corrected chi connectivity index (χ1v) is 6.55. The van der Waals surface area contributed by atoms with Crippen LogP contribution in [0.3, 0.4) is 0 Å². The van der Waals surface area contributed by atoms with Crippen molar-refractivity contribution in [3.63, 3.8) is 0 Å². The van der Waals surface area contributed by atoms with Gasteiger partial charge in [-0.3, -0.25) is 9.80 Å². The zero-order valence-corrected chi connectivity index (χ0v) is 12.5. The maximum atomic E-state index is 2.64. The summed E-state index contributed by atoms with van der Waals surface area (Å²) >= 11 is 0. The van der Waals surface area contributed by atoms with Crippen molar-refractivity contribution < 1.29 is 0 Å². The maximum Gasteiger partial charge on any atom is 0.0263 e. The van der Waals surface area contributed by atoms with Gasteiger partial charge in [0.1, 0.15) is 0 Å². The Morgan fingerprint density at radius 2 is 1.56 bits per heavy atom. The Morgan fingerprint density at radius 3 is 1.88 bits per heavy atom. The molecule has 2 nitrogen and oxygen atoms in total. The minimum atomic E-state index is 0.271. The first kappa shape index (κ1) is 14.0. The molecule has 0 bridgehead atoms. The lowest BCUT2D eigenvalue weighted by molar-refractivity contribution is 0.0625. The van der Waals surface area contributed by atoms with Gasteiger partial charge in [0.15, 0.2) is 0 Å². The summed E-state index contributed by atoms with van der Waals surface area (Å²) in [6.45, 7) is 17.5. The molecule has 0 aliphatic carbocycles. The molecule has 1 heterocycles. The molecule has 1 aliphatic rings. The predicted molar refractivity (Wildman–Crippen MR) is 71.8 cm³/mol. The summed E-state index contributed by atoms with van der Waals surface area (Å²) in [6.07, 6.45) is 1.30. The monoisotopic (exact) mass is 226 g/mol. The number of hydrogen-bond donors (Lipinski definition) is 0. The van der Waals surface area contributed by atoms with Crippen LogP contribution in [-0.2, 0) is 0 Å². The SMILES string of the molecule is C[C@@H]1C(N(C)C(C)(C)C)CCN1C(C)(C)C. The van der Waals surface area contributed by atoms with Crippen LogP contribution in [0, 0.1) is 0 Å². The number of nitrogens with zero attached hydrogens (tertiary/aromatic N) is 2. The molecule has 1 saturated heterocycles. The fraction of sp³-hybridized carbons (Fsp3) is 1.00. The van der Waals surface area contributed by atoms with Gasteiger partial charge in [-0.1, -0.05) is 0 Å². The van der Waals surface area contributed by atoms with Crippen LogP contribution in [0.25, 0.3) is 0 Å². The van der Waals surface area contributed by atoms with Crippen molar-refractivity contribution >= 4 is 0 Å². The van der Waals surface area contributed by atoms with Crippen LogP contribution in [0.4, 0.5) is 0 Å². The van der Waals surface area contributed by atoms with Crippen LogP contribution in [0.15, 0.2) is 0 Å². The van der Waals surface area contributed by atoms with Crippen molar-refractivity contribution in [3.8, 4) is 0 Å². The van der Waals surface area contributed by atoms with E-state index in [9.17, 15) is 0 Å². The Bertz CT molecular complexity index is 234. The summed E-state index contributed by atoms with van der Waals surface area (Å²) in [5.74, 6) is 0. The topological polar surface area (TPSA) is 6.48 Å². The minimum absolute atomic E-state index is 0.271. The molecule has 0 aromatic heterocycles. The Balaban J connectivity index is 2.75. The number of likely N-dealkylation sites (tertiary alicyclic amines) is 1. The molecule has 1 unspecified atom stereocenters. The molecule has 1 aliphatic heterocycles. The quantitative estimate of drug-likeness (QED) is 0.678. The first-order valence-electron chi connectivity index (χ1n) is 6.55. The molecule has 0 aromatic rings. The highest BCUT2D eigenvalue weighted by Crippen LogP contribution is 2.31. The van der Waals surface area contributed by atoms with E-state index in [1.54, 1.807) is 0 Å². The van der Waals surface area contributed by atoms with Crippen LogP contribution in [-0.4, -0.2) is 46.6 Å². The Morgan fingerprint density at radius 1 is 1.06 bits per heavy atom. The van der Waals surface area contributed by atoms with E-state index in [0.717, 1.165) is 0 Å². The molecule has 0 amide bonds. The molecular weight excluding hydrogens is 196 g/mol. The molecule has 0 aromatic carbocycles. The Hall–Kier alpha value is -0.0800. The van der Waals surface area contributed by atoms with Crippen molar-refractivity contribution in [1.82, 2.24) is 9.80 Å². The van der Waals surface area contributed by atoms with Crippen molar-refractivity contribution in [3.05, 3.63) is 0 Å². The van der Waals surface area contributed by atoms with E-state index in [1.165, 1.54) is 13.0 Å². The van der Waals surface area contributed by atoms with Gasteiger partial charge in [-0.05, 0) is 61.9 Å². The molecule has 0 radical (unpaired) electrons. The molecule has 1 fully saturated rings. The zero-order valence-electron chi connectivity index (χ0n) is 12.5. The van der Waals surface area contributed by atoms with Gasteiger partial charge >= 0.3 is 0 Å². The molecule has 2 atom stereocenters. The van der Waals surface area contributed by atoms with E-state index in [4.69, 9.17) is 0 Å². The van der Waals surface area contributed by atoms with Crippen LogP contribution < -0.4 is 0 Å². The fourth-order valence-corrected chi connectivity index (χ4v) is 2.88. The van der Waals surface area contributed by atoms with Crippen LogP contribution in [0.1, 0.15) is 54.9 Å². The highest BCUT2D eigenvalue weighted by molar-refractivity contribution is 4.97. The number of rotatable bonds is 1. The molecular formula is C14H30N2. The molecule has 96 valence electrons. The average molecular weight is 226 g/mol. The lowest BCUT2D eigenvalue weighted by Gasteiger charge is -2.42. The summed E-state index contributed by atoms with van der Waals surface area (Å²) in [7, 11) is 2.27. The van der Waals surface area contributed by atoms with Crippen molar-refractivity contribution in [2.45, 2.75) is 78.0 Å². The molecule has 0 spiro atoms. The maximum absolute atomic E-state index is 2.64. The number of likely N-dealkylation sites (N-methyl/N-ethyl adjacent to an activating group) is 1. The van der Waals surface area contributed by atoms with E-state index in [1.807, 2.05) is 0 Å². The number of hydrogen-bond acceptors (Lipinski definition) is 2. The summed E-state index contributed by atoms with van der Waals surface area (Å²) in [6, 6.07) is 1.35. The third kappa shape index (κ3) is 2.78. The van der Waals surface area contributed by atoms with Gasteiger partial charge in [-0.25, -0.2) is 0 Å². The van der Waals surface area contributed by atoms with Gasteiger partial charge in [0.25, 0.3) is 0 Å². The van der Waals surface area contributed by atoms with Gasteiger partial charge in [-0.15, -0.1) is 0 Å². The molecule has 0 saturated carbocycles. The van der Waals surface area contributed by atoms with Crippen molar-refractivity contribution in [2.24, 2.45) is 0 Å². The van der Waals surface area contributed by atoms with E-state index in [2.05, 4.69) is 65.3 Å². The lowest BCUT2D eigenvalue weighted by Crippen LogP contribution is -2.52. The highest BCUT2D eigenvalue weighted by Gasteiger charge is 2.40. The van der Waals surface area contributed by atoms with Crippen LogP contribution in [0.2, 0.25) is 0 Å². The summed E-state index contributed by atoms with van der Waals surface area (Å²) in [4.78, 5) is 5.18. The lowest BCUT2D eigenvalue weighted by atomic mass is 9.99. The van der Waals surface area contributed by atoms with E-state index < -0.39 is 0 Å². The zero-order chi connectivity index (χ0) is 12.7. The molecule has 16 heavy (non-hydrogen) atoms. The second-order valence-corrected chi connectivity index (χ2v) is 7.24. The molecule has 1 rings (SSSR count). The minimum Gasteiger partial charge on any atom is -0.297 e. The second kappa shape index (κ2) is 4.30. The third-order valence-corrected chi connectivity index (χ3v) is 4.13. The summed E-state index contributed by atoms with van der Waals surface area (Å²) in [5.41, 5.74) is 0.569. The van der Waals surface area contributed by atoms with E-state index in [0.29, 0.717) is 17.6 Å². The van der Waals surface area contributed by atoms with Gasteiger partial charge in [0.05, 0.1) is 0 Å². The van der Waals surface area contributed by atoms with Crippen molar-refractivity contribution in [2.75, 3.05) is 13.6 Å². The fourth-order valence-electron chi connectivity index (χ4n) is 2.88. The van der Waals surface area contributed by atoms with Crippen LogP contribution >= 0.6 is 0 Å². The standard InChI is InChI=1S/C14H30N2/c1-11-12(15(8)13(2,3)4)9-10-16(11)14(5,6)7/h11-12H,9-10H2,1-8H3/t11-,12?/m1/s1. The van der Waals surface area contributed by atoms with Crippen molar-refractivity contribution in [1.29, 1.82) is 0 Å². The van der Waals surface area contributed by atoms with Gasteiger partial charge in [0, 0.05) is 29.7 Å². The first-order chi connectivity index (χ1) is 7.05. The molecule has 0 N–H and O–H groups in total. The Labute approximate surface area is 102 Å². The van der Waals surface area contributed by atoms with E-state index >= 15 is 0 Å². The van der Waals surface area contributed by atoms with Crippen LogP contribution in [0.5, 0.6) is 0 Å². The van der Waals surface area contributed by atoms with Gasteiger partial charge in [-0.2, -0.15) is 0 Å². The smallest absolute Gasteiger partial charge is 0.0263 e. The summed E-state index contributed by atoms with van der Waals surface area (Å²) in [5, 5.41) is 0.